The van der Waals surface area contributed by atoms with Crippen LogP contribution in [0, 0.1) is 0 Å². The minimum Gasteiger partial charge on any atom is -0.378 e. The summed E-state index contributed by atoms with van der Waals surface area (Å²) in [5.41, 5.74) is 2.15. The molecule has 0 unspecified atom stereocenters. The van der Waals surface area contributed by atoms with Gasteiger partial charge in [-0.25, -0.2) is 4.98 Å². The highest BCUT2D eigenvalue weighted by Gasteiger charge is 2.19. The third kappa shape index (κ3) is 4.94. The summed E-state index contributed by atoms with van der Waals surface area (Å²) in [6, 6.07) is 7.45. The fraction of sp³-hybridized carbons (Fsp3) is 0.455. The molecule has 0 spiro atoms. The van der Waals surface area contributed by atoms with Crippen LogP contribution in [0.4, 0.5) is 5.82 Å². The fourth-order valence-electron chi connectivity index (χ4n) is 3.76. The number of aromatic nitrogens is 2. The lowest BCUT2D eigenvalue weighted by Crippen LogP contribution is -2.36. The molecule has 8 nitrogen and oxygen atoms in total. The first kappa shape index (κ1) is 20.3. The number of hydrogen-bond acceptors (Lipinski definition) is 6. The normalized spacial score (nSPS) is 16.7. The molecule has 0 aliphatic carbocycles. The fourth-order valence-corrected chi connectivity index (χ4v) is 3.76. The first-order valence-corrected chi connectivity index (χ1v) is 10.5. The number of rotatable bonds is 7. The van der Waals surface area contributed by atoms with Gasteiger partial charge < -0.3 is 19.9 Å². The highest BCUT2D eigenvalue weighted by atomic mass is 16.5. The predicted molar refractivity (Wildman–Crippen MR) is 113 cm³/mol. The van der Waals surface area contributed by atoms with Gasteiger partial charge in [0.1, 0.15) is 5.82 Å². The molecule has 2 aliphatic rings. The van der Waals surface area contributed by atoms with E-state index in [0.29, 0.717) is 30.8 Å². The quantitative estimate of drug-likeness (QED) is 0.701. The zero-order valence-corrected chi connectivity index (χ0v) is 17.0. The van der Waals surface area contributed by atoms with Gasteiger partial charge in [-0.1, -0.05) is 0 Å². The van der Waals surface area contributed by atoms with Crippen molar-refractivity contribution in [1.29, 1.82) is 0 Å². The molecule has 8 heteroatoms. The highest BCUT2D eigenvalue weighted by molar-refractivity contribution is 5.95. The minimum absolute atomic E-state index is 0.135. The third-order valence-corrected chi connectivity index (χ3v) is 5.46. The number of hydrogen-bond donors (Lipinski definition) is 1. The van der Waals surface area contributed by atoms with Crippen molar-refractivity contribution in [2.45, 2.75) is 19.3 Å². The molecular weight excluding hydrogens is 382 g/mol. The van der Waals surface area contributed by atoms with Crippen LogP contribution in [-0.2, 0) is 9.53 Å². The van der Waals surface area contributed by atoms with Crippen molar-refractivity contribution in [1.82, 2.24) is 20.2 Å². The molecule has 0 bridgehead atoms. The van der Waals surface area contributed by atoms with Crippen LogP contribution in [0.25, 0.3) is 11.3 Å². The van der Waals surface area contributed by atoms with Crippen molar-refractivity contribution >= 4 is 17.6 Å². The van der Waals surface area contributed by atoms with Gasteiger partial charge in [0, 0.05) is 62.7 Å². The van der Waals surface area contributed by atoms with E-state index >= 15 is 0 Å². The van der Waals surface area contributed by atoms with Crippen molar-refractivity contribution in [3.8, 4) is 11.3 Å². The molecule has 2 aromatic rings. The van der Waals surface area contributed by atoms with Crippen LogP contribution in [-0.4, -0.2) is 72.6 Å². The average molecular weight is 409 g/mol. The van der Waals surface area contributed by atoms with Crippen molar-refractivity contribution in [2.24, 2.45) is 0 Å². The molecule has 158 valence electrons. The van der Waals surface area contributed by atoms with Gasteiger partial charge >= 0.3 is 0 Å². The lowest BCUT2D eigenvalue weighted by atomic mass is 10.1. The van der Waals surface area contributed by atoms with Crippen LogP contribution >= 0.6 is 0 Å². The second-order valence-electron chi connectivity index (χ2n) is 7.53. The number of ether oxygens (including phenoxy) is 1. The van der Waals surface area contributed by atoms with E-state index in [0.717, 1.165) is 57.1 Å². The number of morpholine rings is 1. The molecule has 2 amide bonds. The number of amides is 2. The van der Waals surface area contributed by atoms with Crippen LogP contribution in [0.2, 0.25) is 0 Å². The van der Waals surface area contributed by atoms with E-state index in [-0.39, 0.29) is 11.8 Å². The number of pyridine rings is 2. The number of nitrogens with zero attached hydrogens (tertiary/aromatic N) is 4. The molecule has 4 heterocycles. The molecule has 0 radical (unpaired) electrons. The molecule has 30 heavy (non-hydrogen) atoms. The standard InChI is InChI=1S/C22H27N5O3/c28-21-3-1-9-27(21)10-2-7-24-22(29)17-6-8-23-19(15-17)18-4-5-20(25-16-18)26-11-13-30-14-12-26/h4-6,8,15-16H,1-3,7,9-14H2,(H,24,29). The molecule has 2 saturated heterocycles. The molecule has 0 saturated carbocycles. The Balaban J connectivity index is 1.32. The summed E-state index contributed by atoms with van der Waals surface area (Å²) in [6.45, 7) is 5.18. The van der Waals surface area contributed by atoms with Gasteiger partial charge in [-0.3, -0.25) is 14.6 Å². The molecule has 0 atom stereocenters. The lowest BCUT2D eigenvalue weighted by Gasteiger charge is -2.27. The smallest absolute Gasteiger partial charge is 0.251 e. The second-order valence-corrected chi connectivity index (χ2v) is 7.53. The summed E-state index contributed by atoms with van der Waals surface area (Å²) in [7, 11) is 0. The topological polar surface area (TPSA) is 87.7 Å². The number of likely N-dealkylation sites (tertiary alicyclic amines) is 1. The van der Waals surface area contributed by atoms with Gasteiger partial charge in [0.2, 0.25) is 5.91 Å². The Morgan fingerprint density at radius 2 is 2.00 bits per heavy atom. The van der Waals surface area contributed by atoms with E-state index < -0.39 is 0 Å². The van der Waals surface area contributed by atoms with Gasteiger partial charge in [-0.15, -0.1) is 0 Å². The van der Waals surface area contributed by atoms with Gasteiger partial charge in [-0.2, -0.15) is 0 Å². The lowest BCUT2D eigenvalue weighted by molar-refractivity contribution is -0.127. The third-order valence-electron chi connectivity index (χ3n) is 5.46. The van der Waals surface area contributed by atoms with Crippen molar-refractivity contribution in [3.05, 3.63) is 42.2 Å². The first-order valence-electron chi connectivity index (χ1n) is 10.5. The monoisotopic (exact) mass is 409 g/mol. The number of nitrogens with one attached hydrogen (secondary N) is 1. The van der Waals surface area contributed by atoms with Crippen LogP contribution in [0.5, 0.6) is 0 Å². The summed E-state index contributed by atoms with van der Waals surface area (Å²) in [5, 5.41) is 2.93. The molecule has 1 N–H and O–H groups in total. The van der Waals surface area contributed by atoms with E-state index in [9.17, 15) is 9.59 Å². The predicted octanol–water partition coefficient (Wildman–Crippen LogP) is 1.72. The molecule has 4 rings (SSSR count). The summed E-state index contributed by atoms with van der Waals surface area (Å²) in [5.74, 6) is 1.00. The Bertz CT molecular complexity index is 881. The van der Waals surface area contributed by atoms with E-state index in [1.54, 1.807) is 24.5 Å². The average Bonchev–Trinajstić information content (AvgIpc) is 3.22. The summed E-state index contributed by atoms with van der Waals surface area (Å²) < 4.78 is 5.38. The van der Waals surface area contributed by atoms with Crippen molar-refractivity contribution < 1.29 is 14.3 Å². The zero-order valence-electron chi connectivity index (χ0n) is 17.0. The Labute approximate surface area is 176 Å². The number of carbonyl (C=O) groups excluding carboxylic acids is 2. The Hall–Kier alpha value is -3.00. The zero-order chi connectivity index (χ0) is 20.8. The van der Waals surface area contributed by atoms with Crippen LogP contribution in [0.1, 0.15) is 29.6 Å². The SMILES string of the molecule is O=C(NCCCN1CCCC1=O)c1ccnc(-c2ccc(N3CCOCC3)nc2)c1. The maximum absolute atomic E-state index is 12.5. The Morgan fingerprint density at radius 1 is 1.13 bits per heavy atom. The van der Waals surface area contributed by atoms with E-state index in [4.69, 9.17) is 4.74 Å². The highest BCUT2D eigenvalue weighted by Crippen LogP contribution is 2.20. The van der Waals surface area contributed by atoms with Crippen LogP contribution in [0.15, 0.2) is 36.7 Å². The maximum atomic E-state index is 12.5. The van der Waals surface area contributed by atoms with Gasteiger partial charge in [0.25, 0.3) is 5.91 Å². The Morgan fingerprint density at radius 3 is 2.73 bits per heavy atom. The maximum Gasteiger partial charge on any atom is 0.251 e. The second kappa shape index (κ2) is 9.67. The van der Waals surface area contributed by atoms with E-state index in [2.05, 4.69) is 20.2 Å². The molecule has 2 aromatic heterocycles. The molecular formula is C22H27N5O3. The largest absolute Gasteiger partial charge is 0.378 e. The minimum atomic E-state index is -0.135. The van der Waals surface area contributed by atoms with Crippen molar-refractivity contribution in [3.63, 3.8) is 0 Å². The van der Waals surface area contributed by atoms with Gasteiger partial charge in [0.15, 0.2) is 0 Å². The summed E-state index contributed by atoms with van der Waals surface area (Å²) in [6.07, 6.45) is 5.77. The summed E-state index contributed by atoms with van der Waals surface area (Å²) in [4.78, 5) is 37.1. The molecule has 2 aliphatic heterocycles. The van der Waals surface area contributed by atoms with E-state index in [1.807, 2.05) is 17.0 Å². The van der Waals surface area contributed by atoms with Gasteiger partial charge in [0.05, 0.1) is 18.9 Å². The first-order chi connectivity index (χ1) is 14.7. The Kier molecular flexibility index (Phi) is 6.53. The van der Waals surface area contributed by atoms with Crippen molar-refractivity contribution in [2.75, 3.05) is 50.8 Å². The van der Waals surface area contributed by atoms with E-state index in [1.165, 1.54) is 0 Å². The van der Waals surface area contributed by atoms with Crippen LogP contribution in [0.3, 0.4) is 0 Å². The van der Waals surface area contributed by atoms with Gasteiger partial charge in [-0.05, 0) is 37.1 Å². The molecule has 0 aromatic carbocycles. The number of carbonyl (C=O) groups is 2. The summed E-state index contributed by atoms with van der Waals surface area (Å²) >= 11 is 0. The molecule has 2 fully saturated rings. The van der Waals surface area contributed by atoms with Crippen LogP contribution < -0.4 is 10.2 Å². The number of anilines is 1.